The molecule has 46 atom stereocenters. The molecule has 47 heteroatoms. The van der Waals surface area contributed by atoms with Crippen molar-refractivity contribution in [2.75, 3.05) is 40.6 Å². The van der Waals surface area contributed by atoms with Crippen LogP contribution in [0, 0.1) is 0 Å². The highest BCUT2D eigenvalue weighted by atomic mass is 31.2. The summed E-state index contributed by atoms with van der Waals surface area (Å²) in [6, 6.07) is -1.85. The molecule has 104 heavy (non-hydrogen) atoms. The normalized spacial score (nSPS) is 52.6. The molecule has 0 spiro atoms. The number of rotatable bonds is 25. The topological polar surface area (TPSA) is 696 Å². The van der Waals surface area contributed by atoms with Crippen LogP contribution in [-0.4, -0.2) is 440 Å². The third kappa shape index (κ3) is 18.7. The average Bonchev–Trinajstić information content (AvgIpc) is 0.773. The van der Waals surface area contributed by atoms with E-state index in [-0.39, 0.29) is 6.61 Å². The van der Waals surface area contributed by atoms with Crippen molar-refractivity contribution in [3.63, 3.8) is 0 Å². The molecule has 46 nitrogen and oxygen atoms in total. The lowest BCUT2D eigenvalue weighted by molar-refractivity contribution is -0.409. The van der Waals surface area contributed by atoms with Gasteiger partial charge in [-0.05, 0) is 27.7 Å². The molecule has 19 unspecified atom stereocenters. The molecule has 9 saturated heterocycles. The first-order chi connectivity index (χ1) is 48.8. The fraction of sp³-hybridized carbons (Fsp3) is 0.982. The third-order valence-corrected chi connectivity index (χ3v) is 20.2. The molecule has 9 aliphatic heterocycles. The van der Waals surface area contributed by atoms with Crippen molar-refractivity contribution in [1.29, 1.82) is 0 Å². The second kappa shape index (κ2) is 36.2. The van der Waals surface area contributed by atoms with Gasteiger partial charge in [0.1, 0.15) is 189 Å². The van der Waals surface area contributed by atoms with E-state index in [1.54, 1.807) is 0 Å². The first-order valence-electron chi connectivity index (χ1n) is 33.1. The molecule has 9 heterocycles. The number of carbonyl (C=O) groups is 1. The number of amides is 1. The molecule has 606 valence electrons. The van der Waals surface area contributed by atoms with Gasteiger partial charge in [-0.25, -0.2) is 4.57 Å². The molecule has 0 aromatic carbocycles. The van der Waals surface area contributed by atoms with Crippen molar-refractivity contribution in [1.82, 2.24) is 5.32 Å². The van der Waals surface area contributed by atoms with E-state index < -0.39 is 310 Å². The van der Waals surface area contributed by atoms with Crippen LogP contribution in [0.15, 0.2) is 0 Å². The first kappa shape index (κ1) is 86.0. The van der Waals surface area contributed by atoms with E-state index >= 15 is 0 Å². The number of ether oxygens (including phenoxy) is 18. The number of nitrogens with one attached hydrogen (secondary N) is 1. The predicted molar refractivity (Wildman–Crippen MR) is 319 cm³/mol. The van der Waals surface area contributed by atoms with Crippen molar-refractivity contribution < 1.29 is 221 Å². The number of phosphoric ester groups is 1. The van der Waals surface area contributed by atoms with E-state index in [0.717, 1.165) is 14.0 Å². The zero-order valence-corrected chi connectivity index (χ0v) is 57.4. The van der Waals surface area contributed by atoms with Crippen LogP contribution in [0.2, 0.25) is 0 Å². The van der Waals surface area contributed by atoms with Crippen LogP contribution < -0.4 is 5.32 Å². The average molecular weight is 1550 g/mol. The number of hydrogen-bond donors (Lipinski definition) is 24. The van der Waals surface area contributed by atoms with Crippen molar-refractivity contribution >= 4 is 13.7 Å². The number of methoxy groups -OCH3 is 1. The smallest absolute Gasteiger partial charge is 0.394 e. The minimum absolute atomic E-state index is 0.346. The molecular weight excluding hydrogens is 1450 g/mol. The van der Waals surface area contributed by atoms with E-state index in [4.69, 9.17) is 89.8 Å². The van der Waals surface area contributed by atoms with Gasteiger partial charge in [-0.1, -0.05) is 0 Å². The van der Waals surface area contributed by atoms with Gasteiger partial charge in [0, 0.05) is 21.1 Å². The van der Waals surface area contributed by atoms with Crippen LogP contribution in [-0.2, 0) is 104 Å². The van der Waals surface area contributed by atoms with Crippen molar-refractivity contribution in [2.45, 2.75) is 311 Å². The van der Waals surface area contributed by atoms with Gasteiger partial charge in [-0.2, -0.15) is 0 Å². The number of phosphoric acid groups is 1. The van der Waals surface area contributed by atoms with Gasteiger partial charge in [-0.3, -0.25) is 13.8 Å². The Morgan fingerprint density at radius 2 is 0.692 bits per heavy atom. The zero-order valence-electron chi connectivity index (χ0n) is 56.5. The summed E-state index contributed by atoms with van der Waals surface area (Å²) in [6.45, 7) is 2.78. The van der Waals surface area contributed by atoms with Crippen molar-refractivity contribution in [2.24, 2.45) is 0 Å². The second-order valence-corrected chi connectivity index (χ2v) is 28.1. The van der Waals surface area contributed by atoms with Gasteiger partial charge < -0.3 is 208 Å². The van der Waals surface area contributed by atoms with E-state index in [9.17, 15) is 127 Å². The monoisotopic (exact) mass is 1550 g/mol. The number of aliphatic hydroxyl groups excluding tert-OH is 22. The summed E-state index contributed by atoms with van der Waals surface area (Å²) in [6.07, 6.45) is -85.9. The highest BCUT2D eigenvalue weighted by Gasteiger charge is 2.60. The van der Waals surface area contributed by atoms with Crippen LogP contribution in [0.5, 0.6) is 0 Å². The number of hydrogen-bond acceptors (Lipinski definition) is 44. The Morgan fingerprint density at radius 3 is 1.13 bits per heavy atom. The Labute approximate surface area is 590 Å². The molecule has 0 saturated carbocycles. The molecule has 0 radical (unpaired) electrons. The molecule has 9 aliphatic rings. The van der Waals surface area contributed by atoms with Gasteiger partial charge in [0.15, 0.2) is 62.9 Å². The lowest BCUT2D eigenvalue weighted by atomic mass is 9.95. The Morgan fingerprint density at radius 1 is 0.346 bits per heavy atom. The van der Waals surface area contributed by atoms with Crippen LogP contribution in [0.3, 0.4) is 0 Å². The third-order valence-electron chi connectivity index (χ3n) is 19.3. The minimum atomic E-state index is -4.91. The van der Waals surface area contributed by atoms with Crippen LogP contribution in [0.25, 0.3) is 0 Å². The fourth-order valence-corrected chi connectivity index (χ4v) is 13.5. The SMILES string of the molecule is COCC1O[C@H](O[C@@H]2C(O)[C@H](O[C@@H]3C(O)[C@H](OCC4O[C@H](O[C@H]5C(O)[C@@H](O)C(C)O[C@H]5O[C@H]5C(O)[C@@H](O)C(C)O[C@H]5O[C@H]5C(O)[C@@H](O)C(C)O[C@H]5O[C@H]5C(O)[C@@H](O)C(C)O[C@H]5OCC5O[C@H](OP(=O)(O)OC)C(O)[C@@H](O)[C@H]5O)C(NC(C)=O)[C@@H](O)[C@@H]4O)OC(CO)[C@H]3O)OC(O)[C@@H]2O)C(O)[C@@H](O)[C@H]1O. The summed E-state index contributed by atoms with van der Waals surface area (Å²) in [5, 5.41) is 247. The van der Waals surface area contributed by atoms with Crippen molar-refractivity contribution in [3.05, 3.63) is 0 Å². The molecule has 0 aromatic rings. The highest BCUT2D eigenvalue weighted by Crippen LogP contribution is 2.46. The summed E-state index contributed by atoms with van der Waals surface area (Å²) in [4.78, 5) is 22.7. The molecule has 1 amide bonds. The van der Waals surface area contributed by atoms with E-state index in [1.807, 2.05) is 0 Å². The molecule has 9 fully saturated rings. The lowest BCUT2D eigenvalue weighted by Crippen LogP contribution is -2.69. The largest absolute Gasteiger partial charge is 0.474 e. The van der Waals surface area contributed by atoms with Gasteiger partial charge in [-0.15, -0.1) is 0 Å². The lowest BCUT2D eigenvalue weighted by Gasteiger charge is -2.50. The van der Waals surface area contributed by atoms with Gasteiger partial charge >= 0.3 is 7.82 Å². The Balaban J connectivity index is 0.918. The Kier molecular flexibility index (Phi) is 29.9. The second-order valence-electron chi connectivity index (χ2n) is 26.6. The standard InChI is InChI=1S/C57H98NO45P/c1-12-22(61)33(72)44(54(88-12)87-11-20-28(67)32(71)38(77)53(95-20)103-104(82,83)85-7)99-56-46(35(74)24(63)14(3)90-56)101-57-47(36(75)25(64)15(4)91-57)100-55-45(34(73)23(62)13(2)89-55)98-49-21(58-16(5)60)30(69)26(65)19(93-49)10-86-50-40(79)42(29(68)17(8-59)92-50)96-52-41(80)43(39(78)48(81)102-52)97-51-37(76)31(70)27(66)18(94-51)9-84-6/h12-15,17-57,59,61-81H,8-11H2,1-7H3,(H,58,60)(H,82,83)/t12?,13?,14?,15?,17?,18?,19?,20?,21?,22-,23-,24-,25-,26+,27-,28-,29+,30+,31-,32-,33?,34?,35?,36?,37?,38?,39+,40?,41?,42-,43-,44-,45-,46-,47-,48?,49+,50+,51+,52+,53+,54+,55-,56-,57-/m0/s1. The maximum absolute atomic E-state index is 12.8. The maximum atomic E-state index is 12.8. The van der Waals surface area contributed by atoms with Gasteiger partial charge in [0.2, 0.25) is 5.91 Å². The molecule has 0 aromatic heterocycles. The fourth-order valence-electron chi connectivity index (χ4n) is 13.0. The summed E-state index contributed by atoms with van der Waals surface area (Å²) < 4.78 is 126. The summed E-state index contributed by atoms with van der Waals surface area (Å²) in [5.74, 6) is -0.891. The highest BCUT2D eigenvalue weighted by molar-refractivity contribution is 7.47. The molecule has 0 aliphatic carbocycles. The Bertz CT molecular complexity index is 2730. The van der Waals surface area contributed by atoms with E-state index in [2.05, 4.69) is 9.84 Å². The van der Waals surface area contributed by atoms with Crippen LogP contribution in [0.1, 0.15) is 34.6 Å². The molecular formula is C57H98NO45P. The molecule has 0 bridgehead atoms. The maximum Gasteiger partial charge on any atom is 0.474 e. The Hall–Kier alpha value is -2.02. The van der Waals surface area contributed by atoms with Gasteiger partial charge in [0.25, 0.3) is 0 Å². The van der Waals surface area contributed by atoms with E-state index in [0.29, 0.717) is 0 Å². The quantitative estimate of drug-likeness (QED) is 0.0377. The first-order valence-corrected chi connectivity index (χ1v) is 34.6. The number of carbonyl (C=O) groups excluding carboxylic acids is 1. The molecule has 9 rings (SSSR count). The number of aliphatic hydroxyl groups is 22. The summed E-state index contributed by atoms with van der Waals surface area (Å²) >= 11 is 0. The van der Waals surface area contributed by atoms with E-state index in [1.165, 1.54) is 34.8 Å². The predicted octanol–water partition coefficient (Wildman–Crippen LogP) is -15.0. The van der Waals surface area contributed by atoms with Crippen molar-refractivity contribution in [3.8, 4) is 0 Å². The van der Waals surface area contributed by atoms with Crippen LogP contribution in [0.4, 0.5) is 0 Å². The minimum Gasteiger partial charge on any atom is -0.394 e. The zero-order chi connectivity index (χ0) is 76.7. The molecule has 24 N–H and O–H groups in total. The summed E-state index contributed by atoms with van der Waals surface area (Å²) in [7, 11) is -2.90. The van der Waals surface area contributed by atoms with Gasteiger partial charge in [0.05, 0.1) is 50.8 Å². The summed E-state index contributed by atoms with van der Waals surface area (Å²) in [5.41, 5.74) is 0. The van der Waals surface area contributed by atoms with Crippen LogP contribution >= 0.6 is 7.82 Å².